The maximum absolute atomic E-state index is 15.2. The topological polar surface area (TPSA) is 61.8 Å². The zero-order chi connectivity index (χ0) is 35.1. The number of benzene rings is 3. The Balaban J connectivity index is 2.00. The molecule has 0 atom stereocenters. The van der Waals surface area contributed by atoms with Gasteiger partial charge >= 0.3 is 33.4 Å². The molecule has 0 saturated carbocycles. The molecule has 4 rings (SSSR count). The number of thiophene rings is 1. The molecule has 1 heterocycles. The van der Waals surface area contributed by atoms with Crippen molar-refractivity contribution in [2.24, 2.45) is 0 Å². The Labute approximate surface area is 273 Å². The van der Waals surface area contributed by atoms with E-state index < -0.39 is 43.7 Å². The van der Waals surface area contributed by atoms with Crippen LogP contribution >= 0.6 is 33.4 Å². The van der Waals surface area contributed by atoms with Crippen LogP contribution in [0, 0.1) is 6.92 Å². The molecule has 0 aliphatic rings. The summed E-state index contributed by atoms with van der Waals surface area (Å²) in [6, 6.07) is 19.6. The zero-order valence-electron chi connectivity index (χ0n) is 24.2. The molecule has 0 fully saturated rings. The minimum Gasteiger partial charge on any atom is -0.497 e. The SMILES string of the molecule is COc1ccc(S(OS(=O)(=O)C(F)(F)C(F)(F)C(F)(F)C(F)(F)F)(c2ccc(OC)cc2)c2ccc(Sc3ccc(C)cc3)s2)cc1. The molecule has 0 radical (unpaired) electrons. The highest BCUT2D eigenvalue weighted by atomic mass is 32.3. The summed E-state index contributed by atoms with van der Waals surface area (Å²) in [7, 11) is -8.96. The van der Waals surface area contributed by atoms with Gasteiger partial charge in [-0.15, -0.1) is 11.3 Å². The van der Waals surface area contributed by atoms with Crippen molar-refractivity contribution in [3.05, 3.63) is 90.5 Å². The predicted octanol–water partition coefficient (Wildman–Crippen LogP) is 10.2. The Bertz CT molecular complexity index is 1740. The van der Waals surface area contributed by atoms with Gasteiger partial charge in [0.1, 0.15) is 11.5 Å². The molecule has 0 aliphatic heterocycles. The van der Waals surface area contributed by atoms with Gasteiger partial charge in [-0.1, -0.05) is 29.5 Å². The van der Waals surface area contributed by atoms with Crippen LogP contribution in [0.1, 0.15) is 5.56 Å². The Morgan fingerprint density at radius 1 is 0.638 bits per heavy atom. The van der Waals surface area contributed by atoms with E-state index in [-0.39, 0.29) is 25.5 Å². The van der Waals surface area contributed by atoms with Crippen molar-refractivity contribution in [1.29, 1.82) is 0 Å². The highest BCUT2D eigenvalue weighted by Crippen LogP contribution is 2.73. The standard InChI is InChI=1S/C29H23F9O5S4/c1-18-4-10-21(11-5-18)44-24-16-17-25(45-24)46(22-12-6-19(41-2)7-13-22,23-14-8-20(42-3)9-15-23)43-47(39,40)29(37,38)27(32,33)26(30,31)28(34,35)36/h4-17H,1-3H3. The van der Waals surface area contributed by atoms with Gasteiger partial charge in [-0.2, -0.15) is 47.9 Å². The van der Waals surface area contributed by atoms with Crippen LogP contribution in [-0.4, -0.2) is 45.9 Å². The predicted molar refractivity (Wildman–Crippen MR) is 159 cm³/mol. The van der Waals surface area contributed by atoms with Gasteiger partial charge in [0.05, 0.1) is 22.6 Å². The van der Waals surface area contributed by atoms with Crippen molar-refractivity contribution in [3.63, 3.8) is 0 Å². The van der Waals surface area contributed by atoms with E-state index in [9.17, 15) is 39.2 Å². The second-order valence-corrected chi connectivity index (χ2v) is 16.8. The second-order valence-electron chi connectivity index (χ2n) is 9.58. The van der Waals surface area contributed by atoms with E-state index in [1.807, 2.05) is 6.92 Å². The van der Waals surface area contributed by atoms with Gasteiger partial charge in [-0.25, -0.2) is 3.63 Å². The van der Waals surface area contributed by atoms with Crippen LogP contribution in [0.2, 0.25) is 0 Å². The molecule has 18 heteroatoms. The maximum atomic E-state index is 15.2. The summed E-state index contributed by atoms with van der Waals surface area (Å²) in [5.74, 6) is -14.6. The van der Waals surface area contributed by atoms with Gasteiger partial charge < -0.3 is 9.47 Å². The Morgan fingerprint density at radius 2 is 1.11 bits per heavy atom. The molecular weight excluding hydrogens is 728 g/mol. The Morgan fingerprint density at radius 3 is 1.53 bits per heavy atom. The van der Waals surface area contributed by atoms with Crippen LogP contribution in [0.5, 0.6) is 11.5 Å². The van der Waals surface area contributed by atoms with Crippen LogP contribution in [0.15, 0.2) is 108 Å². The molecule has 0 amide bonds. The first-order valence-electron chi connectivity index (χ1n) is 12.9. The van der Waals surface area contributed by atoms with Crippen LogP contribution in [0.3, 0.4) is 0 Å². The van der Waals surface area contributed by atoms with E-state index in [0.717, 1.165) is 28.7 Å². The largest absolute Gasteiger partial charge is 0.497 e. The van der Waals surface area contributed by atoms with E-state index >= 15 is 8.78 Å². The minimum absolute atomic E-state index is 0.160. The lowest BCUT2D eigenvalue weighted by Gasteiger charge is -2.40. The molecule has 0 bridgehead atoms. The summed E-state index contributed by atoms with van der Waals surface area (Å²) in [5, 5.41) is -7.09. The Hall–Kier alpha value is -3.06. The van der Waals surface area contributed by atoms with Gasteiger partial charge in [0, 0.05) is 14.7 Å². The smallest absolute Gasteiger partial charge is 0.460 e. The van der Waals surface area contributed by atoms with Crippen LogP contribution < -0.4 is 9.47 Å². The number of aryl methyl sites for hydroxylation is 1. The minimum atomic E-state index is -7.50. The number of rotatable bonds is 12. The molecule has 0 spiro atoms. The number of methoxy groups -OCH3 is 2. The third-order valence-corrected chi connectivity index (χ3v) is 14.4. The highest BCUT2D eigenvalue weighted by Gasteiger charge is 2.86. The molecule has 0 aliphatic carbocycles. The van der Waals surface area contributed by atoms with Crippen molar-refractivity contribution in [2.75, 3.05) is 14.2 Å². The summed E-state index contributed by atoms with van der Waals surface area (Å²) in [4.78, 5) is 0.234. The van der Waals surface area contributed by atoms with Gasteiger partial charge in [-0.05, 0) is 90.0 Å². The van der Waals surface area contributed by atoms with Crippen LogP contribution in [0.25, 0.3) is 0 Å². The number of hydrogen-bond acceptors (Lipinski definition) is 7. The van der Waals surface area contributed by atoms with Gasteiger partial charge in [-0.3, -0.25) is 0 Å². The third-order valence-electron chi connectivity index (χ3n) is 6.48. The fourth-order valence-electron chi connectivity index (χ4n) is 3.95. The van der Waals surface area contributed by atoms with Crippen molar-refractivity contribution in [1.82, 2.24) is 0 Å². The second kappa shape index (κ2) is 13.1. The summed E-state index contributed by atoms with van der Waals surface area (Å²) in [6.45, 7) is 1.85. The van der Waals surface area contributed by atoms with E-state index in [4.69, 9.17) is 13.1 Å². The lowest BCUT2D eigenvalue weighted by Crippen LogP contribution is -2.63. The van der Waals surface area contributed by atoms with Crippen molar-refractivity contribution >= 4 is 43.5 Å². The van der Waals surface area contributed by atoms with Crippen molar-refractivity contribution in [2.45, 2.75) is 53.3 Å². The van der Waals surface area contributed by atoms with E-state index in [1.165, 1.54) is 74.9 Å². The molecule has 4 aromatic rings. The Kier molecular flexibility index (Phi) is 10.2. The molecule has 0 saturated heterocycles. The highest BCUT2D eigenvalue weighted by molar-refractivity contribution is 8.34. The monoisotopic (exact) mass is 750 g/mol. The lowest BCUT2D eigenvalue weighted by molar-refractivity contribution is -0.382. The first-order valence-corrected chi connectivity index (χ1v) is 17.4. The van der Waals surface area contributed by atoms with Crippen LogP contribution in [-0.2, 0) is 13.7 Å². The average Bonchev–Trinajstić information content (AvgIpc) is 3.49. The molecule has 0 N–H and O–H groups in total. The van der Waals surface area contributed by atoms with Gasteiger partial charge in [0.15, 0.2) is 0 Å². The fraction of sp³-hybridized carbons (Fsp3) is 0.241. The van der Waals surface area contributed by atoms with E-state index in [0.29, 0.717) is 9.10 Å². The molecule has 5 nitrogen and oxygen atoms in total. The fourth-order valence-corrected chi connectivity index (χ4v) is 12.3. The van der Waals surface area contributed by atoms with Crippen molar-refractivity contribution < 1.29 is 61.0 Å². The van der Waals surface area contributed by atoms with Gasteiger partial charge in [0.2, 0.25) is 0 Å². The molecule has 1 aromatic heterocycles. The summed E-state index contributed by atoms with van der Waals surface area (Å²) in [6.07, 6.45) is -7.25. The summed E-state index contributed by atoms with van der Waals surface area (Å²) < 4.78 is 168. The number of ether oxygens (including phenoxy) is 2. The number of halogens is 9. The van der Waals surface area contributed by atoms with Crippen molar-refractivity contribution in [3.8, 4) is 11.5 Å². The first-order chi connectivity index (χ1) is 21.7. The quantitative estimate of drug-likeness (QED) is 0.134. The maximum Gasteiger partial charge on any atom is 0.460 e. The summed E-state index contributed by atoms with van der Waals surface area (Å²) in [5.41, 5.74) is 0.941. The molecule has 0 unspecified atom stereocenters. The molecule has 47 heavy (non-hydrogen) atoms. The first kappa shape index (κ1) is 36.8. The molecule has 3 aromatic carbocycles. The molecule has 256 valence electrons. The normalized spacial score (nSPS) is 13.8. The summed E-state index contributed by atoms with van der Waals surface area (Å²) >= 11 is 1.97. The lowest BCUT2D eigenvalue weighted by atomic mass is 10.1. The number of hydrogen-bond donors (Lipinski definition) is 0. The van der Waals surface area contributed by atoms with Gasteiger partial charge in [0.25, 0.3) is 0 Å². The van der Waals surface area contributed by atoms with Crippen LogP contribution in [0.4, 0.5) is 39.5 Å². The average molecular weight is 751 g/mol. The molecular formula is C29H23F9O5S4. The van der Waals surface area contributed by atoms with E-state index in [2.05, 4.69) is 0 Å². The zero-order valence-corrected chi connectivity index (χ0v) is 27.4. The van der Waals surface area contributed by atoms with E-state index in [1.54, 1.807) is 24.3 Å². The number of alkyl halides is 9. The third kappa shape index (κ3) is 6.66.